The van der Waals surface area contributed by atoms with Gasteiger partial charge in [-0.25, -0.2) is 0 Å². The van der Waals surface area contributed by atoms with Crippen molar-refractivity contribution in [2.24, 2.45) is 0 Å². The smallest absolute Gasteiger partial charge is 0.278 e. The summed E-state index contributed by atoms with van der Waals surface area (Å²) in [6, 6.07) is 21.0. The molecule has 1 saturated heterocycles. The fourth-order valence-electron chi connectivity index (χ4n) is 2.53. The summed E-state index contributed by atoms with van der Waals surface area (Å²) in [5.74, 6) is 0.731. The summed E-state index contributed by atoms with van der Waals surface area (Å²) in [4.78, 5) is 0. The minimum Gasteiger partial charge on any atom is -0.465 e. The highest BCUT2D eigenvalue weighted by Gasteiger charge is 2.15. The van der Waals surface area contributed by atoms with E-state index in [1.54, 1.807) is 0 Å². The molecule has 21 heavy (non-hydrogen) atoms. The lowest BCUT2D eigenvalue weighted by Gasteiger charge is -2.21. The van der Waals surface area contributed by atoms with Crippen LogP contribution >= 0.6 is 0 Å². The van der Waals surface area contributed by atoms with E-state index in [9.17, 15) is 0 Å². The Kier molecular flexibility index (Phi) is 4.57. The van der Waals surface area contributed by atoms with Crippen LogP contribution in [-0.2, 0) is 22.3 Å². The summed E-state index contributed by atoms with van der Waals surface area (Å²) >= 11 is 0. The van der Waals surface area contributed by atoms with Crippen LogP contribution in [0.5, 0.6) is 0 Å². The molecule has 0 N–H and O–H groups in total. The van der Waals surface area contributed by atoms with Crippen LogP contribution in [0.2, 0.25) is 0 Å². The average molecular weight is 280 g/mol. The van der Waals surface area contributed by atoms with Crippen LogP contribution in [0.15, 0.2) is 72.2 Å². The number of ether oxygens (including phenoxy) is 2. The van der Waals surface area contributed by atoms with Crippen LogP contribution in [-0.4, -0.2) is 13.2 Å². The molecule has 0 saturated carbocycles. The molecule has 1 fully saturated rings. The Bertz CT molecular complexity index is 536. The maximum absolute atomic E-state index is 5.74. The molecule has 2 heteroatoms. The molecule has 1 heterocycles. The third-order valence-electron chi connectivity index (χ3n) is 3.56. The molecule has 0 atom stereocenters. The molecule has 0 radical (unpaired) electrons. The van der Waals surface area contributed by atoms with E-state index in [1.807, 2.05) is 12.1 Å². The minimum absolute atomic E-state index is 0.731. The zero-order valence-electron chi connectivity index (χ0n) is 12.1. The molecule has 2 aromatic carbocycles. The van der Waals surface area contributed by atoms with Crippen LogP contribution in [0.25, 0.3) is 0 Å². The zero-order valence-corrected chi connectivity index (χ0v) is 12.1. The van der Waals surface area contributed by atoms with Crippen molar-refractivity contribution in [3.63, 3.8) is 0 Å². The lowest BCUT2D eigenvalue weighted by molar-refractivity contribution is -0.0180. The second kappa shape index (κ2) is 6.98. The van der Waals surface area contributed by atoms with Crippen molar-refractivity contribution < 1.29 is 9.47 Å². The minimum atomic E-state index is 0.731. The van der Waals surface area contributed by atoms with E-state index in [2.05, 4.69) is 48.5 Å². The van der Waals surface area contributed by atoms with Crippen LogP contribution in [0.3, 0.4) is 0 Å². The first kappa shape index (κ1) is 13.7. The van der Waals surface area contributed by atoms with E-state index in [0.717, 1.165) is 38.4 Å². The Labute approximate surface area is 126 Å². The Morgan fingerprint density at radius 1 is 0.714 bits per heavy atom. The first-order valence-electron chi connectivity index (χ1n) is 7.47. The van der Waals surface area contributed by atoms with Crippen molar-refractivity contribution in [1.82, 2.24) is 0 Å². The van der Waals surface area contributed by atoms with Gasteiger partial charge in [-0.05, 0) is 11.1 Å². The van der Waals surface area contributed by atoms with Crippen LogP contribution in [0, 0.1) is 0 Å². The van der Waals surface area contributed by atoms with E-state index in [1.165, 1.54) is 16.7 Å². The predicted octanol–water partition coefficient (Wildman–Crippen LogP) is 4.12. The Hall–Kier alpha value is -2.22. The molecule has 1 aliphatic rings. The summed E-state index contributed by atoms with van der Waals surface area (Å²) in [6.45, 7) is 1.50. The monoisotopic (exact) mass is 280 g/mol. The summed E-state index contributed by atoms with van der Waals surface area (Å²) in [6.07, 6.45) is 2.70. The van der Waals surface area contributed by atoms with Gasteiger partial charge in [0.2, 0.25) is 0 Å². The molecule has 1 aliphatic heterocycles. The van der Waals surface area contributed by atoms with Gasteiger partial charge < -0.3 is 9.47 Å². The number of benzene rings is 2. The third kappa shape index (κ3) is 3.88. The number of allylic oxidation sites excluding steroid dienone is 1. The fraction of sp³-hybridized carbons (Fsp3) is 0.263. The topological polar surface area (TPSA) is 18.5 Å². The van der Waals surface area contributed by atoms with Gasteiger partial charge in [0, 0.05) is 24.8 Å². The molecule has 3 rings (SSSR count). The second-order valence-electron chi connectivity index (χ2n) is 5.27. The fourth-order valence-corrected chi connectivity index (χ4v) is 2.53. The van der Waals surface area contributed by atoms with Gasteiger partial charge in [0.25, 0.3) is 5.95 Å². The zero-order chi connectivity index (χ0) is 14.3. The van der Waals surface area contributed by atoms with Crippen LogP contribution in [0.4, 0.5) is 0 Å². The van der Waals surface area contributed by atoms with E-state index < -0.39 is 0 Å². The van der Waals surface area contributed by atoms with Crippen molar-refractivity contribution in [2.45, 2.75) is 19.3 Å². The van der Waals surface area contributed by atoms with E-state index in [0.29, 0.717) is 0 Å². The molecular formula is C19H20O2. The van der Waals surface area contributed by atoms with Gasteiger partial charge in [0.05, 0.1) is 13.2 Å². The van der Waals surface area contributed by atoms with Crippen molar-refractivity contribution in [3.05, 3.63) is 83.3 Å². The van der Waals surface area contributed by atoms with E-state index >= 15 is 0 Å². The molecule has 2 aromatic rings. The van der Waals surface area contributed by atoms with Crippen molar-refractivity contribution in [3.8, 4) is 0 Å². The second-order valence-corrected chi connectivity index (χ2v) is 5.27. The molecule has 0 aromatic heterocycles. The molecule has 0 unspecified atom stereocenters. The van der Waals surface area contributed by atoms with Crippen molar-refractivity contribution >= 4 is 0 Å². The molecule has 2 nitrogen and oxygen atoms in total. The molecule has 0 spiro atoms. The highest BCUT2D eigenvalue weighted by molar-refractivity contribution is 5.28. The number of rotatable bonds is 4. The largest absolute Gasteiger partial charge is 0.465 e. The van der Waals surface area contributed by atoms with Gasteiger partial charge in [-0.2, -0.15) is 0 Å². The third-order valence-corrected chi connectivity index (χ3v) is 3.56. The van der Waals surface area contributed by atoms with Gasteiger partial charge in [0.1, 0.15) is 0 Å². The quantitative estimate of drug-likeness (QED) is 0.838. The average Bonchev–Trinajstić information content (AvgIpc) is 2.57. The lowest BCUT2D eigenvalue weighted by atomic mass is 9.99. The number of hydrogen-bond donors (Lipinski definition) is 0. The molecule has 108 valence electrons. The molecule has 0 bridgehead atoms. The van der Waals surface area contributed by atoms with E-state index in [-0.39, 0.29) is 0 Å². The Morgan fingerprint density at radius 3 is 1.67 bits per heavy atom. The summed E-state index contributed by atoms with van der Waals surface area (Å²) in [5.41, 5.74) is 3.79. The maximum Gasteiger partial charge on any atom is 0.278 e. The highest BCUT2D eigenvalue weighted by atomic mass is 16.7. The van der Waals surface area contributed by atoms with Gasteiger partial charge >= 0.3 is 0 Å². The summed E-state index contributed by atoms with van der Waals surface area (Å²) in [5, 5.41) is 0. The summed E-state index contributed by atoms with van der Waals surface area (Å²) in [7, 11) is 0. The highest BCUT2D eigenvalue weighted by Crippen LogP contribution is 2.21. The Balaban J connectivity index is 1.84. The van der Waals surface area contributed by atoms with Crippen molar-refractivity contribution in [2.75, 3.05) is 13.2 Å². The van der Waals surface area contributed by atoms with E-state index in [4.69, 9.17) is 9.47 Å². The lowest BCUT2D eigenvalue weighted by Crippen LogP contribution is -2.14. The van der Waals surface area contributed by atoms with Crippen LogP contribution in [0.1, 0.15) is 17.5 Å². The normalized spacial score (nSPS) is 14.2. The first-order valence-corrected chi connectivity index (χ1v) is 7.47. The predicted molar refractivity (Wildman–Crippen MR) is 83.8 cm³/mol. The molecule has 0 aliphatic carbocycles. The van der Waals surface area contributed by atoms with Crippen molar-refractivity contribution in [1.29, 1.82) is 0 Å². The molecule has 0 amide bonds. The SMILES string of the molecule is c1ccc(CC(Cc2ccccc2)=C2OCCCO2)cc1. The molecular weight excluding hydrogens is 260 g/mol. The standard InChI is InChI=1S/C19H20O2/c1-3-8-16(9-4-1)14-18(19-20-12-7-13-21-19)15-17-10-5-2-6-11-17/h1-6,8-11H,7,12-15H2. The first-order chi connectivity index (χ1) is 10.4. The van der Waals surface area contributed by atoms with Gasteiger partial charge in [-0.15, -0.1) is 0 Å². The number of hydrogen-bond acceptors (Lipinski definition) is 2. The summed E-state index contributed by atoms with van der Waals surface area (Å²) < 4.78 is 11.5. The van der Waals surface area contributed by atoms with Gasteiger partial charge in [0.15, 0.2) is 0 Å². The van der Waals surface area contributed by atoms with Gasteiger partial charge in [-0.3, -0.25) is 0 Å². The van der Waals surface area contributed by atoms with Crippen LogP contribution < -0.4 is 0 Å². The maximum atomic E-state index is 5.74. The van der Waals surface area contributed by atoms with Gasteiger partial charge in [-0.1, -0.05) is 60.7 Å². The Morgan fingerprint density at radius 2 is 1.19 bits per heavy atom.